The number of halogens is 1. The fraction of sp³-hybridized carbons (Fsp3) is 0.974. The number of alkyl carbamates (subject to hydrolysis) is 1. The van der Waals surface area contributed by atoms with Gasteiger partial charge in [0.2, 0.25) is 0 Å². The van der Waals surface area contributed by atoms with Gasteiger partial charge in [0.15, 0.2) is 0 Å². The number of nitrogens with zero attached hydrogens (tertiary/aromatic N) is 2. The maximum absolute atomic E-state index is 12.2. The lowest BCUT2D eigenvalue weighted by Crippen LogP contribution is -2.49. The minimum Gasteiger partial charge on any atom is -0.444 e. The van der Waals surface area contributed by atoms with Crippen LogP contribution in [0.4, 0.5) is 4.79 Å². The van der Waals surface area contributed by atoms with E-state index in [-0.39, 0.29) is 24.5 Å². The summed E-state index contributed by atoms with van der Waals surface area (Å²) in [6.45, 7) is 18.0. The van der Waals surface area contributed by atoms with Gasteiger partial charge in [-0.3, -0.25) is 0 Å². The van der Waals surface area contributed by atoms with E-state index in [1.807, 2.05) is 20.8 Å². The first-order chi connectivity index (χ1) is 21.7. The van der Waals surface area contributed by atoms with Crippen LogP contribution in [-0.2, 0) is 4.74 Å². The molecular formula is C39H77ClN4O2. The van der Waals surface area contributed by atoms with Crippen LogP contribution >= 0.6 is 12.4 Å². The largest absolute Gasteiger partial charge is 0.444 e. The summed E-state index contributed by atoms with van der Waals surface area (Å²) in [5, 5.41) is 3.18. The molecule has 0 spiro atoms. The summed E-state index contributed by atoms with van der Waals surface area (Å²) in [6.07, 6.45) is 26.8. The fourth-order valence-electron chi connectivity index (χ4n) is 8.67. The number of piperidine rings is 2. The number of hydrogen-bond donors (Lipinski definition) is 2. The van der Waals surface area contributed by atoms with E-state index in [9.17, 15) is 4.79 Å². The van der Waals surface area contributed by atoms with Crippen LogP contribution in [0.1, 0.15) is 163 Å². The molecule has 4 aliphatic rings. The number of ether oxygens (including phenoxy) is 1. The highest BCUT2D eigenvalue weighted by atomic mass is 35.5. The average molecular weight is 670 g/mol. The molecule has 7 heteroatoms. The molecule has 272 valence electrons. The highest BCUT2D eigenvalue weighted by molar-refractivity contribution is 5.85. The number of likely N-dealkylation sites (tertiary alicyclic amines) is 2. The van der Waals surface area contributed by atoms with Crippen LogP contribution in [0.25, 0.3) is 0 Å². The molecule has 2 heterocycles. The van der Waals surface area contributed by atoms with Crippen molar-refractivity contribution in [1.29, 1.82) is 0 Å². The maximum atomic E-state index is 12.2. The Balaban J connectivity index is 0.000000328. The Morgan fingerprint density at radius 1 is 0.717 bits per heavy atom. The SMILES string of the molecule is CCCCCC1CCCN(C[C@@H]2CCCC[C@H]2N)C1.CCCCCC1CCCN(C[C@@H]2CCCC[C@H]2NC(=O)OC(C)(C)C)C1.Cl. The van der Waals surface area contributed by atoms with E-state index < -0.39 is 5.60 Å². The van der Waals surface area contributed by atoms with Crippen molar-refractivity contribution in [3.05, 3.63) is 0 Å². The first kappa shape index (κ1) is 41.6. The zero-order valence-corrected chi connectivity index (χ0v) is 31.9. The number of amides is 1. The quantitative estimate of drug-likeness (QED) is 0.191. The van der Waals surface area contributed by atoms with E-state index in [1.54, 1.807) is 0 Å². The van der Waals surface area contributed by atoms with Crippen molar-refractivity contribution in [2.75, 3.05) is 39.3 Å². The molecule has 0 bridgehead atoms. The van der Waals surface area contributed by atoms with Crippen molar-refractivity contribution in [3.63, 3.8) is 0 Å². The number of hydrogen-bond acceptors (Lipinski definition) is 5. The highest BCUT2D eigenvalue weighted by Crippen LogP contribution is 2.30. The zero-order chi connectivity index (χ0) is 32.5. The van der Waals surface area contributed by atoms with Crippen molar-refractivity contribution in [3.8, 4) is 0 Å². The fourth-order valence-corrected chi connectivity index (χ4v) is 8.67. The predicted molar refractivity (Wildman–Crippen MR) is 199 cm³/mol. The molecule has 46 heavy (non-hydrogen) atoms. The van der Waals surface area contributed by atoms with Gasteiger partial charge in [-0.15, -0.1) is 12.4 Å². The summed E-state index contributed by atoms with van der Waals surface area (Å²) in [5.74, 6) is 3.21. The van der Waals surface area contributed by atoms with Crippen LogP contribution in [0, 0.1) is 23.7 Å². The lowest BCUT2D eigenvalue weighted by Gasteiger charge is -2.39. The number of nitrogens with two attached hydrogens (primary N) is 1. The first-order valence-electron chi connectivity index (χ1n) is 19.9. The molecule has 2 aliphatic carbocycles. The van der Waals surface area contributed by atoms with Crippen LogP contribution < -0.4 is 11.1 Å². The van der Waals surface area contributed by atoms with Crippen molar-refractivity contribution < 1.29 is 9.53 Å². The van der Waals surface area contributed by atoms with E-state index in [2.05, 4.69) is 29.0 Å². The van der Waals surface area contributed by atoms with Crippen molar-refractivity contribution in [2.24, 2.45) is 29.4 Å². The second kappa shape index (κ2) is 23.0. The Hall–Kier alpha value is -0.560. The van der Waals surface area contributed by atoms with Gasteiger partial charge in [-0.2, -0.15) is 0 Å². The van der Waals surface area contributed by atoms with E-state index >= 15 is 0 Å². The molecule has 0 radical (unpaired) electrons. The minimum absolute atomic E-state index is 0. The molecule has 4 fully saturated rings. The average Bonchev–Trinajstić information content (AvgIpc) is 3.00. The topological polar surface area (TPSA) is 70.8 Å². The number of rotatable bonds is 13. The van der Waals surface area contributed by atoms with Gasteiger partial charge in [0.05, 0.1) is 0 Å². The van der Waals surface area contributed by atoms with Gasteiger partial charge in [-0.05, 0) is 122 Å². The van der Waals surface area contributed by atoms with Gasteiger partial charge in [0.1, 0.15) is 5.60 Å². The molecule has 0 aromatic heterocycles. The molecule has 4 rings (SSSR count). The second-order valence-electron chi connectivity index (χ2n) is 16.5. The Kier molecular flexibility index (Phi) is 20.8. The molecule has 3 N–H and O–H groups in total. The molecule has 0 aromatic rings. The molecule has 6 nitrogen and oxygen atoms in total. The zero-order valence-electron chi connectivity index (χ0n) is 31.0. The van der Waals surface area contributed by atoms with Crippen LogP contribution in [0.2, 0.25) is 0 Å². The van der Waals surface area contributed by atoms with E-state index in [0.29, 0.717) is 12.0 Å². The van der Waals surface area contributed by atoms with Crippen LogP contribution in [-0.4, -0.2) is 72.8 Å². The monoisotopic (exact) mass is 669 g/mol. The lowest BCUT2D eigenvalue weighted by molar-refractivity contribution is 0.0443. The highest BCUT2D eigenvalue weighted by Gasteiger charge is 2.31. The summed E-state index contributed by atoms with van der Waals surface area (Å²) in [6, 6.07) is 0.758. The third-order valence-corrected chi connectivity index (χ3v) is 11.2. The molecule has 0 aromatic carbocycles. The molecule has 2 saturated carbocycles. The molecule has 6 atom stereocenters. The number of unbranched alkanes of at least 4 members (excludes halogenated alkanes) is 4. The van der Waals surface area contributed by atoms with Gasteiger partial charge < -0.3 is 25.6 Å². The summed E-state index contributed by atoms with van der Waals surface area (Å²) in [5.41, 5.74) is 5.88. The molecular weight excluding hydrogens is 592 g/mol. The third kappa shape index (κ3) is 16.7. The number of carbonyl (C=O) groups excluding carboxylic acids is 1. The summed E-state index contributed by atoms with van der Waals surface area (Å²) in [4.78, 5) is 17.6. The lowest BCUT2D eigenvalue weighted by atomic mass is 9.83. The van der Waals surface area contributed by atoms with Crippen LogP contribution in [0.3, 0.4) is 0 Å². The number of carbonyl (C=O) groups is 1. The smallest absolute Gasteiger partial charge is 0.407 e. The predicted octanol–water partition coefficient (Wildman–Crippen LogP) is 9.58. The Labute approximate surface area is 291 Å². The standard InChI is InChI=1S/C22H42N2O2.C17H34N2.ClH/c1-5-6-7-11-18-12-10-15-24(16-18)17-19-13-8-9-14-20(19)23-21(25)26-22(2,3)4;1-2-3-4-8-15-9-7-12-19(13-15)14-16-10-5-6-11-17(16)18;/h18-20H,5-17H2,1-4H3,(H,23,25);15-17H,2-14,18H2,1H3;1H/t18?,19-,20+;15?,16-,17+;/m00./s1. The molecule has 2 aliphatic heterocycles. The van der Waals surface area contributed by atoms with Crippen molar-refractivity contribution >= 4 is 18.5 Å². The first-order valence-corrected chi connectivity index (χ1v) is 19.9. The van der Waals surface area contributed by atoms with Crippen LogP contribution in [0.5, 0.6) is 0 Å². The number of nitrogens with one attached hydrogen (secondary N) is 1. The summed E-state index contributed by atoms with van der Waals surface area (Å²) < 4.78 is 5.49. The third-order valence-electron chi connectivity index (χ3n) is 11.2. The second-order valence-corrected chi connectivity index (χ2v) is 16.5. The normalized spacial score (nSPS) is 29.6. The maximum Gasteiger partial charge on any atom is 0.407 e. The Bertz CT molecular complexity index is 792. The van der Waals surface area contributed by atoms with E-state index in [1.165, 1.54) is 155 Å². The molecule has 2 saturated heterocycles. The van der Waals surface area contributed by atoms with Gasteiger partial charge in [-0.1, -0.05) is 78.1 Å². The minimum atomic E-state index is -0.424. The summed E-state index contributed by atoms with van der Waals surface area (Å²) >= 11 is 0. The summed E-state index contributed by atoms with van der Waals surface area (Å²) in [7, 11) is 0. The van der Waals surface area contributed by atoms with Crippen LogP contribution in [0.15, 0.2) is 0 Å². The molecule has 1 amide bonds. The Morgan fingerprint density at radius 2 is 1.22 bits per heavy atom. The van der Waals surface area contributed by atoms with Gasteiger partial charge in [0, 0.05) is 38.3 Å². The van der Waals surface area contributed by atoms with Gasteiger partial charge >= 0.3 is 6.09 Å². The van der Waals surface area contributed by atoms with Crippen molar-refractivity contribution in [1.82, 2.24) is 15.1 Å². The van der Waals surface area contributed by atoms with Crippen molar-refractivity contribution in [2.45, 2.75) is 181 Å². The Morgan fingerprint density at radius 3 is 1.74 bits per heavy atom. The van der Waals surface area contributed by atoms with E-state index in [0.717, 1.165) is 30.7 Å². The van der Waals surface area contributed by atoms with Gasteiger partial charge in [0.25, 0.3) is 0 Å². The molecule has 2 unspecified atom stereocenters. The van der Waals surface area contributed by atoms with Gasteiger partial charge in [-0.25, -0.2) is 4.79 Å². The van der Waals surface area contributed by atoms with E-state index in [4.69, 9.17) is 10.5 Å².